The Balaban J connectivity index is 1.50. The lowest BCUT2D eigenvalue weighted by molar-refractivity contribution is -0.129. The van der Waals surface area contributed by atoms with Gasteiger partial charge in [0.1, 0.15) is 5.78 Å². The normalized spacial score (nSPS) is 31.2. The molecule has 0 spiro atoms. The standard InChI is InChI=1S/C26H31NO2/c1-27(2)19-5-3-4-17(14-19)16-26-13-12-22-21-9-7-20(28)15-18(21)6-8-23(22)24(26)10-11-25(26)29/h3-5,14-15,23-24H,6-13,16H2,1-2H3/t23-,24+,26-/m1/s1. The number of anilines is 1. The third kappa shape index (κ3) is 3.01. The predicted octanol–water partition coefficient (Wildman–Crippen LogP) is 5.05. The highest BCUT2D eigenvalue weighted by molar-refractivity contribution is 5.93. The van der Waals surface area contributed by atoms with Crippen LogP contribution in [0, 0.1) is 17.3 Å². The Morgan fingerprint density at radius 2 is 1.90 bits per heavy atom. The van der Waals surface area contributed by atoms with E-state index in [1.807, 2.05) is 6.08 Å². The van der Waals surface area contributed by atoms with Crippen molar-refractivity contribution < 1.29 is 9.59 Å². The molecule has 152 valence electrons. The molecule has 0 heterocycles. The summed E-state index contributed by atoms with van der Waals surface area (Å²) in [6, 6.07) is 8.73. The van der Waals surface area contributed by atoms with E-state index in [0.29, 0.717) is 29.8 Å². The van der Waals surface area contributed by atoms with Crippen LogP contribution < -0.4 is 4.90 Å². The molecule has 0 amide bonds. The molecule has 0 radical (unpaired) electrons. The van der Waals surface area contributed by atoms with Crippen molar-refractivity contribution in [3.8, 4) is 0 Å². The van der Waals surface area contributed by atoms with Crippen molar-refractivity contribution in [3.05, 3.63) is 52.6 Å². The van der Waals surface area contributed by atoms with Gasteiger partial charge in [-0.3, -0.25) is 9.59 Å². The molecule has 0 saturated heterocycles. The van der Waals surface area contributed by atoms with E-state index in [1.54, 1.807) is 5.57 Å². The Morgan fingerprint density at radius 1 is 1.03 bits per heavy atom. The third-order valence-corrected chi connectivity index (χ3v) is 8.12. The first kappa shape index (κ1) is 18.8. The number of fused-ring (bicyclic) bond motifs is 4. The number of carbonyl (C=O) groups excluding carboxylic acids is 2. The number of allylic oxidation sites excluding steroid dienone is 4. The second kappa shape index (κ2) is 6.97. The Bertz CT molecular complexity index is 938. The summed E-state index contributed by atoms with van der Waals surface area (Å²) in [7, 11) is 4.14. The van der Waals surface area contributed by atoms with Crippen LogP contribution in [0.25, 0.3) is 0 Å². The van der Waals surface area contributed by atoms with Gasteiger partial charge in [-0.1, -0.05) is 17.7 Å². The van der Waals surface area contributed by atoms with Gasteiger partial charge in [-0.15, -0.1) is 0 Å². The van der Waals surface area contributed by atoms with E-state index in [-0.39, 0.29) is 5.41 Å². The monoisotopic (exact) mass is 389 g/mol. The lowest BCUT2D eigenvalue weighted by atomic mass is 9.55. The van der Waals surface area contributed by atoms with Crippen molar-refractivity contribution in [2.75, 3.05) is 19.0 Å². The van der Waals surface area contributed by atoms with E-state index >= 15 is 0 Å². The largest absolute Gasteiger partial charge is 0.378 e. The summed E-state index contributed by atoms with van der Waals surface area (Å²) in [5.74, 6) is 1.83. The topological polar surface area (TPSA) is 37.4 Å². The van der Waals surface area contributed by atoms with Gasteiger partial charge >= 0.3 is 0 Å². The van der Waals surface area contributed by atoms with Crippen molar-refractivity contribution in [3.63, 3.8) is 0 Å². The summed E-state index contributed by atoms with van der Waals surface area (Å²) < 4.78 is 0. The molecule has 1 aromatic carbocycles. The van der Waals surface area contributed by atoms with Gasteiger partial charge in [0.05, 0.1) is 0 Å². The zero-order valence-electron chi connectivity index (χ0n) is 17.7. The van der Waals surface area contributed by atoms with E-state index < -0.39 is 0 Å². The SMILES string of the molecule is CN(C)c1cccc(C[C@]23CCC4=C5CCC(=O)C=C5CC[C@H]4[C@@H]2CCC3=O)c1. The first-order chi connectivity index (χ1) is 14.0. The lowest BCUT2D eigenvalue weighted by Gasteiger charge is -2.48. The van der Waals surface area contributed by atoms with Gasteiger partial charge in [0.2, 0.25) is 0 Å². The fraction of sp³-hybridized carbons (Fsp3) is 0.538. The Hall–Kier alpha value is -2.16. The third-order valence-electron chi connectivity index (χ3n) is 8.12. The molecule has 1 aromatic rings. The van der Waals surface area contributed by atoms with Gasteiger partial charge < -0.3 is 4.90 Å². The van der Waals surface area contributed by atoms with Crippen molar-refractivity contribution in [1.82, 2.24) is 0 Å². The number of carbonyl (C=O) groups is 2. The maximum atomic E-state index is 13.3. The first-order valence-electron chi connectivity index (χ1n) is 11.2. The van der Waals surface area contributed by atoms with Crippen LogP contribution in [0.4, 0.5) is 5.69 Å². The summed E-state index contributed by atoms with van der Waals surface area (Å²) in [6.45, 7) is 0. The second-order valence-corrected chi connectivity index (χ2v) is 9.75. The summed E-state index contributed by atoms with van der Waals surface area (Å²) in [6.07, 6.45) is 10.4. The molecule has 0 aliphatic heterocycles. The Labute approximate surface area is 173 Å². The van der Waals surface area contributed by atoms with E-state index in [2.05, 4.69) is 43.3 Å². The van der Waals surface area contributed by atoms with Gasteiger partial charge in [0.25, 0.3) is 0 Å². The molecule has 3 nitrogen and oxygen atoms in total. The second-order valence-electron chi connectivity index (χ2n) is 9.75. The van der Waals surface area contributed by atoms with Crippen LogP contribution in [0.1, 0.15) is 56.9 Å². The fourth-order valence-electron chi connectivity index (χ4n) is 6.76. The smallest absolute Gasteiger partial charge is 0.156 e. The van der Waals surface area contributed by atoms with Crippen LogP contribution in [0.2, 0.25) is 0 Å². The minimum Gasteiger partial charge on any atom is -0.378 e. The Morgan fingerprint density at radius 3 is 2.72 bits per heavy atom. The van der Waals surface area contributed by atoms with Crippen LogP contribution >= 0.6 is 0 Å². The Kier molecular flexibility index (Phi) is 4.53. The average Bonchev–Trinajstić information content (AvgIpc) is 3.04. The highest BCUT2D eigenvalue weighted by Gasteiger charge is 2.55. The molecule has 0 bridgehead atoms. The predicted molar refractivity (Wildman–Crippen MR) is 116 cm³/mol. The van der Waals surface area contributed by atoms with E-state index in [9.17, 15) is 9.59 Å². The summed E-state index contributed by atoms with van der Waals surface area (Å²) in [5, 5.41) is 0. The van der Waals surface area contributed by atoms with Crippen LogP contribution in [0.15, 0.2) is 47.1 Å². The number of hydrogen-bond acceptors (Lipinski definition) is 3. The molecule has 5 rings (SSSR count). The van der Waals surface area contributed by atoms with Crippen LogP contribution in [-0.2, 0) is 16.0 Å². The maximum absolute atomic E-state index is 13.3. The lowest BCUT2D eigenvalue weighted by Crippen LogP contribution is -2.44. The summed E-state index contributed by atoms with van der Waals surface area (Å²) >= 11 is 0. The molecule has 4 aliphatic rings. The minimum absolute atomic E-state index is 0.175. The molecule has 3 atom stereocenters. The summed E-state index contributed by atoms with van der Waals surface area (Å²) in [4.78, 5) is 27.3. The summed E-state index contributed by atoms with van der Waals surface area (Å²) in [5.41, 5.74) is 6.73. The number of Topliss-reactive ketones (excluding diaryl/α,β-unsaturated/α-hetero) is 1. The van der Waals surface area contributed by atoms with Crippen molar-refractivity contribution in [2.45, 2.75) is 57.8 Å². The van der Waals surface area contributed by atoms with Gasteiger partial charge in [0.15, 0.2) is 5.78 Å². The number of hydrogen-bond donors (Lipinski definition) is 0. The number of ketones is 2. The molecule has 2 fully saturated rings. The first-order valence-corrected chi connectivity index (χ1v) is 11.2. The average molecular weight is 390 g/mol. The van der Waals surface area contributed by atoms with E-state index in [0.717, 1.165) is 51.4 Å². The number of nitrogens with zero attached hydrogens (tertiary/aromatic N) is 1. The molecule has 0 aromatic heterocycles. The maximum Gasteiger partial charge on any atom is 0.156 e. The molecule has 4 aliphatic carbocycles. The van der Waals surface area contributed by atoms with Crippen LogP contribution in [0.3, 0.4) is 0 Å². The van der Waals surface area contributed by atoms with E-state index in [4.69, 9.17) is 0 Å². The molecule has 0 unspecified atom stereocenters. The zero-order valence-corrected chi connectivity index (χ0v) is 17.7. The van der Waals surface area contributed by atoms with Crippen molar-refractivity contribution >= 4 is 17.3 Å². The van der Waals surface area contributed by atoms with Gasteiger partial charge in [-0.25, -0.2) is 0 Å². The van der Waals surface area contributed by atoms with Crippen LogP contribution in [0.5, 0.6) is 0 Å². The van der Waals surface area contributed by atoms with Crippen molar-refractivity contribution in [2.24, 2.45) is 17.3 Å². The zero-order chi connectivity index (χ0) is 20.2. The van der Waals surface area contributed by atoms with Crippen LogP contribution in [-0.4, -0.2) is 25.7 Å². The number of rotatable bonds is 3. The molecular weight excluding hydrogens is 358 g/mol. The molecular formula is C26H31NO2. The molecule has 0 N–H and O–H groups in total. The minimum atomic E-state index is -0.175. The fourth-order valence-corrected chi connectivity index (χ4v) is 6.76. The molecule has 29 heavy (non-hydrogen) atoms. The van der Waals surface area contributed by atoms with E-state index in [1.165, 1.54) is 22.4 Å². The number of benzene rings is 1. The van der Waals surface area contributed by atoms with Gasteiger partial charge in [-0.05, 0) is 91.7 Å². The molecule has 2 saturated carbocycles. The molecule has 3 heteroatoms. The highest BCUT2D eigenvalue weighted by atomic mass is 16.1. The van der Waals surface area contributed by atoms with Crippen molar-refractivity contribution in [1.29, 1.82) is 0 Å². The highest BCUT2D eigenvalue weighted by Crippen LogP contribution is 2.60. The van der Waals surface area contributed by atoms with Gasteiger partial charge in [0, 0.05) is 38.0 Å². The quantitative estimate of drug-likeness (QED) is 0.726. The van der Waals surface area contributed by atoms with Gasteiger partial charge in [-0.2, -0.15) is 0 Å².